The predicted octanol–water partition coefficient (Wildman–Crippen LogP) is 2.43. The van der Waals surface area contributed by atoms with Crippen molar-refractivity contribution in [3.63, 3.8) is 0 Å². The van der Waals surface area contributed by atoms with E-state index in [-0.39, 0.29) is 12.0 Å². The van der Waals surface area contributed by atoms with E-state index in [0.717, 1.165) is 6.42 Å². The Kier molecular flexibility index (Phi) is 4.62. The fourth-order valence-electron chi connectivity index (χ4n) is 2.54. The largest absolute Gasteiger partial charge is 0.496 e. The van der Waals surface area contributed by atoms with Crippen LogP contribution in [0.15, 0.2) is 36.8 Å². The first-order chi connectivity index (χ1) is 11.2. The molecule has 0 bridgehead atoms. The summed E-state index contributed by atoms with van der Waals surface area (Å²) in [5.74, 6) is 0.861. The highest BCUT2D eigenvalue weighted by Crippen LogP contribution is 2.26. The number of halogens is 1. The molecule has 0 aliphatic carbocycles. The Bertz CT molecular complexity index is 696. The smallest absolute Gasteiger partial charge is 0.257 e. The first-order valence-corrected chi connectivity index (χ1v) is 7.60. The van der Waals surface area contributed by atoms with Crippen molar-refractivity contribution >= 4 is 17.5 Å². The molecule has 2 aromatic rings. The highest BCUT2D eigenvalue weighted by atomic mass is 35.5. The summed E-state index contributed by atoms with van der Waals surface area (Å²) < 4.78 is 11.0. The van der Waals surface area contributed by atoms with Gasteiger partial charge in [-0.15, -0.1) is 0 Å². The average Bonchev–Trinajstić information content (AvgIpc) is 3.03. The van der Waals surface area contributed by atoms with Gasteiger partial charge in [0.1, 0.15) is 11.9 Å². The van der Waals surface area contributed by atoms with E-state index in [1.165, 1.54) is 7.11 Å². The Morgan fingerprint density at radius 1 is 1.39 bits per heavy atom. The van der Waals surface area contributed by atoms with Gasteiger partial charge in [-0.3, -0.25) is 9.78 Å². The number of rotatable bonds is 4. The molecule has 1 amide bonds. The molecule has 0 unspecified atom stereocenters. The number of amides is 1. The Morgan fingerprint density at radius 3 is 3.00 bits per heavy atom. The lowest BCUT2D eigenvalue weighted by molar-refractivity contribution is 0.0767. The molecule has 0 radical (unpaired) electrons. The molecule has 7 heteroatoms. The van der Waals surface area contributed by atoms with Gasteiger partial charge < -0.3 is 14.4 Å². The first-order valence-electron chi connectivity index (χ1n) is 7.23. The molecule has 1 aromatic heterocycles. The Hall–Kier alpha value is -2.34. The van der Waals surface area contributed by atoms with Crippen molar-refractivity contribution in [3.8, 4) is 11.6 Å². The maximum absolute atomic E-state index is 12.7. The van der Waals surface area contributed by atoms with Gasteiger partial charge in [0.2, 0.25) is 5.88 Å². The second kappa shape index (κ2) is 6.83. The van der Waals surface area contributed by atoms with E-state index in [9.17, 15) is 4.79 Å². The van der Waals surface area contributed by atoms with Crippen LogP contribution in [-0.4, -0.2) is 47.1 Å². The van der Waals surface area contributed by atoms with Crippen LogP contribution in [0.5, 0.6) is 11.6 Å². The number of hydrogen-bond acceptors (Lipinski definition) is 5. The van der Waals surface area contributed by atoms with Crippen molar-refractivity contribution in [2.24, 2.45) is 0 Å². The summed E-state index contributed by atoms with van der Waals surface area (Å²) >= 11 is 5.99. The highest BCUT2D eigenvalue weighted by molar-refractivity contribution is 6.31. The van der Waals surface area contributed by atoms with Crippen molar-refractivity contribution in [3.05, 3.63) is 47.4 Å². The minimum atomic E-state index is -0.116. The van der Waals surface area contributed by atoms with Gasteiger partial charge >= 0.3 is 0 Å². The fourth-order valence-corrected chi connectivity index (χ4v) is 2.72. The number of carbonyl (C=O) groups excluding carboxylic acids is 1. The molecule has 1 atom stereocenters. The topological polar surface area (TPSA) is 64.5 Å². The lowest BCUT2D eigenvalue weighted by atomic mass is 10.1. The number of carbonyl (C=O) groups is 1. The van der Waals surface area contributed by atoms with Crippen LogP contribution in [0.1, 0.15) is 16.8 Å². The molecule has 1 saturated heterocycles. The van der Waals surface area contributed by atoms with Crippen LogP contribution in [0.2, 0.25) is 5.02 Å². The highest BCUT2D eigenvalue weighted by Gasteiger charge is 2.30. The molecule has 120 valence electrons. The van der Waals surface area contributed by atoms with E-state index >= 15 is 0 Å². The van der Waals surface area contributed by atoms with Crippen LogP contribution in [0, 0.1) is 0 Å². The number of benzene rings is 1. The number of hydrogen-bond donors (Lipinski definition) is 0. The van der Waals surface area contributed by atoms with E-state index in [1.54, 1.807) is 41.7 Å². The standard InChI is InChI=1S/C16H16ClN3O3/c1-22-14-3-2-11(17)8-13(14)16(21)20-7-4-12(10-20)23-15-9-18-5-6-19-15/h2-3,5-6,8-9,12H,4,7,10H2,1H3/t12-/m1/s1. The van der Waals surface area contributed by atoms with E-state index < -0.39 is 0 Å². The number of ether oxygens (including phenoxy) is 2. The van der Waals surface area contributed by atoms with Crippen molar-refractivity contribution in [1.29, 1.82) is 0 Å². The van der Waals surface area contributed by atoms with Crippen LogP contribution >= 0.6 is 11.6 Å². The summed E-state index contributed by atoms with van der Waals surface area (Å²) in [6.45, 7) is 1.10. The summed E-state index contributed by atoms with van der Waals surface area (Å²) in [5, 5.41) is 0.501. The summed E-state index contributed by atoms with van der Waals surface area (Å²) in [6, 6.07) is 5.01. The molecule has 0 saturated carbocycles. The molecule has 0 spiro atoms. The van der Waals surface area contributed by atoms with Crippen LogP contribution in [-0.2, 0) is 0 Å². The van der Waals surface area contributed by atoms with Crippen LogP contribution in [0.25, 0.3) is 0 Å². The van der Waals surface area contributed by atoms with Gasteiger partial charge in [0.25, 0.3) is 5.91 Å². The van der Waals surface area contributed by atoms with Crippen LogP contribution in [0.4, 0.5) is 0 Å². The average molecular weight is 334 g/mol. The van der Waals surface area contributed by atoms with Gasteiger partial charge in [0.15, 0.2) is 0 Å². The Labute approximate surface area is 139 Å². The summed E-state index contributed by atoms with van der Waals surface area (Å²) in [7, 11) is 1.53. The second-order valence-corrected chi connectivity index (χ2v) is 5.60. The molecule has 23 heavy (non-hydrogen) atoms. The van der Waals surface area contributed by atoms with E-state index in [1.807, 2.05) is 0 Å². The molecule has 3 rings (SSSR count). The van der Waals surface area contributed by atoms with Crippen LogP contribution < -0.4 is 9.47 Å². The lowest BCUT2D eigenvalue weighted by Crippen LogP contribution is -2.31. The normalized spacial score (nSPS) is 17.1. The minimum Gasteiger partial charge on any atom is -0.496 e. The van der Waals surface area contributed by atoms with Crippen molar-refractivity contribution in [2.75, 3.05) is 20.2 Å². The number of aromatic nitrogens is 2. The van der Waals surface area contributed by atoms with Crippen LogP contribution in [0.3, 0.4) is 0 Å². The number of likely N-dealkylation sites (tertiary alicyclic amines) is 1. The third-order valence-corrected chi connectivity index (χ3v) is 3.89. The molecule has 1 aromatic carbocycles. The van der Waals surface area contributed by atoms with Crippen molar-refractivity contribution in [1.82, 2.24) is 14.9 Å². The monoisotopic (exact) mass is 333 g/mol. The minimum absolute atomic E-state index is 0.0965. The summed E-state index contributed by atoms with van der Waals surface area (Å²) in [4.78, 5) is 22.5. The maximum atomic E-state index is 12.7. The molecule has 1 aliphatic heterocycles. The fraction of sp³-hybridized carbons (Fsp3) is 0.312. The third kappa shape index (κ3) is 3.53. The lowest BCUT2D eigenvalue weighted by Gasteiger charge is -2.18. The van der Waals surface area contributed by atoms with E-state index in [0.29, 0.717) is 35.3 Å². The third-order valence-electron chi connectivity index (χ3n) is 3.65. The SMILES string of the molecule is COc1ccc(Cl)cc1C(=O)N1CC[C@@H](Oc2cnccn2)C1. The zero-order valence-electron chi connectivity index (χ0n) is 12.6. The van der Waals surface area contributed by atoms with Gasteiger partial charge in [0.05, 0.1) is 25.4 Å². The maximum Gasteiger partial charge on any atom is 0.257 e. The number of methoxy groups -OCH3 is 1. The van der Waals surface area contributed by atoms with Crippen molar-refractivity contribution in [2.45, 2.75) is 12.5 Å². The molecule has 0 N–H and O–H groups in total. The zero-order chi connectivity index (χ0) is 16.2. The molecule has 6 nitrogen and oxygen atoms in total. The van der Waals surface area contributed by atoms with Gasteiger partial charge in [-0.25, -0.2) is 4.98 Å². The van der Waals surface area contributed by atoms with Gasteiger partial charge in [-0.05, 0) is 18.2 Å². The molecule has 1 aliphatic rings. The Morgan fingerprint density at radius 2 is 2.26 bits per heavy atom. The van der Waals surface area contributed by atoms with E-state index in [2.05, 4.69) is 9.97 Å². The van der Waals surface area contributed by atoms with Gasteiger partial charge in [-0.1, -0.05) is 11.6 Å². The first kappa shape index (κ1) is 15.6. The predicted molar refractivity (Wildman–Crippen MR) is 85.0 cm³/mol. The van der Waals surface area contributed by atoms with Gasteiger partial charge in [-0.2, -0.15) is 0 Å². The quantitative estimate of drug-likeness (QED) is 0.859. The molecular weight excluding hydrogens is 318 g/mol. The Balaban J connectivity index is 1.69. The molecule has 1 fully saturated rings. The van der Waals surface area contributed by atoms with Gasteiger partial charge in [0, 0.05) is 30.4 Å². The summed E-state index contributed by atoms with van der Waals surface area (Å²) in [5.41, 5.74) is 0.458. The van der Waals surface area contributed by atoms with E-state index in [4.69, 9.17) is 21.1 Å². The van der Waals surface area contributed by atoms with Crippen molar-refractivity contribution < 1.29 is 14.3 Å². The second-order valence-electron chi connectivity index (χ2n) is 5.17. The molecule has 2 heterocycles. The summed E-state index contributed by atoms with van der Waals surface area (Å²) in [6.07, 6.45) is 5.36. The number of nitrogens with zero attached hydrogens (tertiary/aromatic N) is 3. The molecular formula is C16H16ClN3O3. The zero-order valence-corrected chi connectivity index (χ0v) is 13.4.